The van der Waals surface area contributed by atoms with Gasteiger partial charge in [0, 0.05) is 49.5 Å². The Morgan fingerprint density at radius 3 is 2.63 bits per heavy atom. The third-order valence-corrected chi connectivity index (χ3v) is 6.32. The fraction of sp³-hybridized carbons (Fsp3) is 0.500. The van der Waals surface area contributed by atoms with Crippen LogP contribution in [0.5, 0.6) is 0 Å². The molecule has 1 unspecified atom stereocenters. The Kier molecular flexibility index (Phi) is 5.49. The second-order valence-electron chi connectivity index (χ2n) is 8.16. The number of hydrogen-bond acceptors (Lipinski definition) is 4. The molecule has 2 aliphatic rings. The van der Waals surface area contributed by atoms with Gasteiger partial charge in [-0.25, -0.2) is 9.18 Å². The van der Waals surface area contributed by atoms with Crippen molar-refractivity contribution >= 4 is 17.6 Å². The highest BCUT2D eigenvalue weighted by Gasteiger charge is 2.30. The number of hydrogen-bond donors (Lipinski definition) is 1. The van der Waals surface area contributed by atoms with Gasteiger partial charge in [-0.3, -0.25) is 9.48 Å². The number of piperazine rings is 1. The number of nitrogens with zero attached hydrogens (tertiary/aromatic N) is 4. The van der Waals surface area contributed by atoms with Crippen LogP contribution in [0, 0.1) is 13.8 Å². The summed E-state index contributed by atoms with van der Waals surface area (Å²) in [6.07, 6.45) is -0.257. The maximum absolute atomic E-state index is 13.8. The average molecular weight is 414 g/mol. The summed E-state index contributed by atoms with van der Waals surface area (Å²) in [4.78, 5) is 28.5. The molecule has 1 fully saturated rings. The number of carbonyl (C=O) groups excluding carboxylic acids is 1. The number of benzene rings is 1. The Morgan fingerprint density at radius 2 is 1.93 bits per heavy atom. The van der Waals surface area contributed by atoms with E-state index in [4.69, 9.17) is 0 Å². The number of amides is 1. The first-order chi connectivity index (χ1) is 14.3. The first kappa shape index (κ1) is 20.4. The first-order valence-electron chi connectivity index (χ1n) is 10.4. The normalized spacial score (nSPS) is 19.0. The summed E-state index contributed by atoms with van der Waals surface area (Å²) in [7, 11) is 0. The van der Waals surface area contributed by atoms with E-state index < -0.39 is 12.1 Å². The molecule has 1 aromatic heterocycles. The Hall–Kier alpha value is -2.90. The minimum atomic E-state index is -1.17. The quantitative estimate of drug-likeness (QED) is 0.831. The number of carbonyl (C=O) groups is 2. The predicted molar refractivity (Wildman–Crippen MR) is 111 cm³/mol. The van der Waals surface area contributed by atoms with E-state index in [1.165, 1.54) is 21.5 Å². The molecule has 0 bridgehead atoms. The number of halogens is 1. The topological polar surface area (TPSA) is 78.7 Å². The van der Waals surface area contributed by atoms with Crippen LogP contribution < -0.4 is 4.90 Å². The number of aromatic carboxylic acids is 1. The molecule has 7 nitrogen and oxygen atoms in total. The van der Waals surface area contributed by atoms with Gasteiger partial charge in [0.25, 0.3) is 0 Å². The molecule has 0 saturated carbocycles. The minimum Gasteiger partial charge on any atom is -0.476 e. The third-order valence-electron chi connectivity index (χ3n) is 6.32. The fourth-order valence-electron chi connectivity index (χ4n) is 4.45. The molecule has 30 heavy (non-hydrogen) atoms. The lowest BCUT2D eigenvalue weighted by molar-refractivity contribution is -0.132. The van der Waals surface area contributed by atoms with Gasteiger partial charge >= 0.3 is 5.97 Å². The molecule has 2 aromatic rings. The standard InChI is InChI=1S/C22H27FN4O3/c1-14-4-3-5-18(15(14)2)25-8-10-26(11-9-25)20(28)13-27-19-7-6-16(23)12-17(19)21(24-27)22(29)30/h3-5,16H,6-13H2,1-2H3,(H,29,30). The summed E-state index contributed by atoms with van der Waals surface area (Å²) >= 11 is 0. The van der Waals surface area contributed by atoms with Crippen LogP contribution >= 0.6 is 0 Å². The van der Waals surface area contributed by atoms with Crippen LogP contribution in [-0.2, 0) is 24.2 Å². The number of carboxylic acid groups (broad SMARTS) is 1. The summed E-state index contributed by atoms with van der Waals surface area (Å²) in [6, 6.07) is 6.26. The third kappa shape index (κ3) is 3.78. The van der Waals surface area contributed by atoms with E-state index in [-0.39, 0.29) is 24.6 Å². The molecule has 1 atom stereocenters. The molecule has 160 valence electrons. The second kappa shape index (κ2) is 8.08. The number of aromatic nitrogens is 2. The molecule has 0 radical (unpaired) electrons. The van der Waals surface area contributed by atoms with Gasteiger partial charge in [-0.05, 0) is 43.9 Å². The molecule has 1 N–H and O–H groups in total. The molecule has 8 heteroatoms. The van der Waals surface area contributed by atoms with E-state index in [0.717, 1.165) is 13.1 Å². The molecule has 4 rings (SSSR count). The summed E-state index contributed by atoms with van der Waals surface area (Å²) < 4.78 is 15.3. The van der Waals surface area contributed by atoms with Gasteiger partial charge in [0.15, 0.2) is 5.69 Å². The molecule has 1 saturated heterocycles. The summed E-state index contributed by atoms with van der Waals surface area (Å²) in [6.45, 7) is 6.91. The van der Waals surface area contributed by atoms with Crippen molar-refractivity contribution in [2.75, 3.05) is 31.1 Å². The van der Waals surface area contributed by atoms with Crippen LogP contribution in [-0.4, -0.2) is 64.0 Å². The lowest BCUT2D eigenvalue weighted by Gasteiger charge is -2.37. The summed E-state index contributed by atoms with van der Waals surface area (Å²) in [5, 5.41) is 13.5. The van der Waals surface area contributed by atoms with Gasteiger partial charge in [-0.1, -0.05) is 12.1 Å². The molecule has 0 spiro atoms. The Morgan fingerprint density at radius 1 is 1.20 bits per heavy atom. The Labute approximate surface area is 175 Å². The Balaban J connectivity index is 1.44. The van der Waals surface area contributed by atoms with Crippen molar-refractivity contribution in [2.45, 2.75) is 45.8 Å². The monoisotopic (exact) mass is 414 g/mol. The van der Waals surface area contributed by atoms with Crippen molar-refractivity contribution in [3.8, 4) is 0 Å². The minimum absolute atomic E-state index is 0.00393. The Bertz CT molecular complexity index is 979. The molecule has 1 amide bonds. The first-order valence-corrected chi connectivity index (χ1v) is 10.4. The molecule has 2 heterocycles. The average Bonchev–Trinajstić information content (AvgIpc) is 3.08. The van der Waals surface area contributed by atoms with E-state index >= 15 is 0 Å². The van der Waals surface area contributed by atoms with Crippen molar-refractivity contribution < 1.29 is 19.1 Å². The maximum atomic E-state index is 13.8. The van der Waals surface area contributed by atoms with E-state index in [1.54, 1.807) is 4.90 Å². The lowest BCUT2D eigenvalue weighted by Crippen LogP contribution is -2.50. The number of carboxylic acids is 1. The van der Waals surface area contributed by atoms with Crippen LogP contribution in [0.25, 0.3) is 0 Å². The van der Waals surface area contributed by atoms with Gasteiger partial charge < -0.3 is 14.9 Å². The van der Waals surface area contributed by atoms with Crippen LogP contribution in [0.4, 0.5) is 10.1 Å². The molecule has 1 aliphatic heterocycles. The van der Waals surface area contributed by atoms with E-state index in [2.05, 4.69) is 42.0 Å². The lowest BCUT2D eigenvalue weighted by atomic mass is 9.94. The largest absolute Gasteiger partial charge is 0.476 e. The van der Waals surface area contributed by atoms with Crippen molar-refractivity contribution in [3.05, 3.63) is 46.3 Å². The zero-order valence-electron chi connectivity index (χ0n) is 17.4. The number of fused-ring (bicyclic) bond motifs is 1. The highest BCUT2D eigenvalue weighted by atomic mass is 19.1. The van der Waals surface area contributed by atoms with Crippen molar-refractivity contribution in [2.24, 2.45) is 0 Å². The van der Waals surface area contributed by atoms with Crippen LogP contribution in [0.2, 0.25) is 0 Å². The highest BCUT2D eigenvalue weighted by Crippen LogP contribution is 2.27. The SMILES string of the molecule is Cc1cccc(N2CCN(C(=O)Cn3nc(C(=O)O)c4c3CCC(F)C4)CC2)c1C. The predicted octanol–water partition coefficient (Wildman–Crippen LogP) is 2.37. The zero-order chi connectivity index (χ0) is 21.4. The van der Waals surface area contributed by atoms with Crippen LogP contribution in [0.15, 0.2) is 18.2 Å². The highest BCUT2D eigenvalue weighted by molar-refractivity contribution is 5.87. The number of anilines is 1. The van der Waals surface area contributed by atoms with Crippen molar-refractivity contribution in [3.63, 3.8) is 0 Å². The van der Waals surface area contributed by atoms with Crippen molar-refractivity contribution in [1.82, 2.24) is 14.7 Å². The molecule has 1 aromatic carbocycles. The zero-order valence-corrected chi connectivity index (χ0v) is 17.4. The van der Waals surface area contributed by atoms with E-state index in [1.807, 2.05) is 0 Å². The molecular weight excluding hydrogens is 387 g/mol. The van der Waals surface area contributed by atoms with Gasteiger partial charge in [-0.2, -0.15) is 5.10 Å². The molecular formula is C22H27FN4O3. The second-order valence-corrected chi connectivity index (χ2v) is 8.16. The van der Waals surface area contributed by atoms with Gasteiger partial charge in [0.1, 0.15) is 12.7 Å². The molecule has 1 aliphatic carbocycles. The van der Waals surface area contributed by atoms with Crippen molar-refractivity contribution in [1.29, 1.82) is 0 Å². The van der Waals surface area contributed by atoms with Crippen LogP contribution in [0.3, 0.4) is 0 Å². The van der Waals surface area contributed by atoms with E-state index in [9.17, 15) is 19.1 Å². The van der Waals surface area contributed by atoms with Gasteiger partial charge in [0.05, 0.1) is 0 Å². The summed E-state index contributed by atoms with van der Waals surface area (Å²) in [5.74, 6) is -1.26. The van der Waals surface area contributed by atoms with Gasteiger partial charge in [0.2, 0.25) is 5.91 Å². The summed E-state index contributed by atoms with van der Waals surface area (Å²) in [5.41, 5.74) is 4.71. The number of rotatable bonds is 4. The fourth-order valence-corrected chi connectivity index (χ4v) is 4.45. The maximum Gasteiger partial charge on any atom is 0.356 e. The smallest absolute Gasteiger partial charge is 0.356 e. The number of alkyl halides is 1. The van der Waals surface area contributed by atoms with Crippen LogP contribution in [0.1, 0.15) is 39.3 Å². The number of aryl methyl sites for hydroxylation is 1. The van der Waals surface area contributed by atoms with E-state index in [0.29, 0.717) is 37.2 Å². The van der Waals surface area contributed by atoms with Gasteiger partial charge in [-0.15, -0.1) is 0 Å².